The molecule has 5 heteroatoms. The Hall–Kier alpha value is -2.37. The van der Waals surface area contributed by atoms with Crippen molar-refractivity contribution in [1.29, 1.82) is 0 Å². The first kappa shape index (κ1) is 19.4. The first-order valence-electron chi connectivity index (χ1n) is 9.65. The zero-order valence-electron chi connectivity index (χ0n) is 16.1. The van der Waals surface area contributed by atoms with Gasteiger partial charge in [-0.15, -0.1) is 0 Å². The van der Waals surface area contributed by atoms with Crippen molar-refractivity contribution < 1.29 is 14.3 Å². The van der Waals surface area contributed by atoms with E-state index in [-0.39, 0.29) is 11.9 Å². The number of carbonyl (C=O) groups is 1. The van der Waals surface area contributed by atoms with Gasteiger partial charge in [0.2, 0.25) is 5.91 Å². The van der Waals surface area contributed by atoms with Gasteiger partial charge in [-0.25, -0.2) is 0 Å². The number of ether oxygens (including phenoxy) is 2. The maximum absolute atomic E-state index is 12.6. The molecule has 1 atom stereocenters. The Labute approximate surface area is 161 Å². The Kier molecular flexibility index (Phi) is 6.85. The van der Waals surface area contributed by atoms with Gasteiger partial charge in [-0.2, -0.15) is 0 Å². The van der Waals surface area contributed by atoms with Crippen LogP contribution in [0.1, 0.15) is 26.7 Å². The highest BCUT2D eigenvalue weighted by Gasteiger charge is 2.26. The highest BCUT2D eigenvalue weighted by Crippen LogP contribution is 2.23. The van der Waals surface area contributed by atoms with Gasteiger partial charge in [0.05, 0.1) is 12.1 Å². The Balaban J connectivity index is 1.50. The molecule has 1 N–H and O–H groups in total. The highest BCUT2D eigenvalue weighted by molar-refractivity contribution is 5.94. The molecule has 1 unspecified atom stereocenters. The molecule has 1 aliphatic heterocycles. The van der Waals surface area contributed by atoms with E-state index in [9.17, 15) is 4.79 Å². The van der Waals surface area contributed by atoms with E-state index in [4.69, 9.17) is 9.47 Å². The van der Waals surface area contributed by atoms with Crippen LogP contribution in [0, 0.1) is 0 Å². The third-order valence-corrected chi connectivity index (χ3v) is 4.91. The van der Waals surface area contributed by atoms with Crippen molar-refractivity contribution in [3.8, 4) is 11.5 Å². The molecule has 27 heavy (non-hydrogen) atoms. The molecule has 1 aliphatic rings. The summed E-state index contributed by atoms with van der Waals surface area (Å²) < 4.78 is 11.5. The molecule has 1 heterocycles. The van der Waals surface area contributed by atoms with Crippen LogP contribution in [0.25, 0.3) is 0 Å². The Morgan fingerprint density at radius 1 is 1.07 bits per heavy atom. The van der Waals surface area contributed by atoms with Gasteiger partial charge in [0.25, 0.3) is 0 Å². The predicted molar refractivity (Wildman–Crippen MR) is 107 cm³/mol. The molecule has 0 aliphatic carbocycles. The maximum Gasteiger partial charge on any atom is 0.241 e. The number of rotatable bonds is 7. The Morgan fingerprint density at radius 3 is 2.33 bits per heavy atom. The van der Waals surface area contributed by atoms with E-state index >= 15 is 0 Å². The zero-order valence-corrected chi connectivity index (χ0v) is 16.1. The summed E-state index contributed by atoms with van der Waals surface area (Å²) >= 11 is 0. The number of anilines is 1. The number of nitrogens with one attached hydrogen (secondary N) is 1. The number of hydrogen-bond donors (Lipinski definition) is 1. The third-order valence-electron chi connectivity index (χ3n) is 4.91. The van der Waals surface area contributed by atoms with Crippen LogP contribution < -0.4 is 10.1 Å². The van der Waals surface area contributed by atoms with E-state index in [1.165, 1.54) is 0 Å². The number of piperidine rings is 1. The van der Waals surface area contributed by atoms with Crippen molar-refractivity contribution in [2.45, 2.75) is 38.8 Å². The lowest BCUT2D eigenvalue weighted by molar-refractivity contribution is -0.121. The molecule has 5 nitrogen and oxygen atoms in total. The highest BCUT2D eigenvalue weighted by atomic mass is 16.5. The van der Waals surface area contributed by atoms with Crippen LogP contribution in [0.5, 0.6) is 11.5 Å². The van der Waals surface area contributed by atoms with Gasteiger partial charge in [-0.3, -0.25) is 9.69 Å². The SMILES string of the molecule is CCOC1CCN(C(C)C(=O)Nc2ccc(Oc3ccccc3)cc2)CC1. The maximum atomic E-state index is 12.6. The molecule has 1 fully saturated rings. The molecule has 0 spiro atoms. The molecular weight excluding hydrogens is 340 g/mol. The van der Waals surface area contributed by atoms with Gasteiger partial charge in [0.15, 0.2) is 0 Å². The van der Waals surface area contributed by atoms with Gasteiger partial charge in [-0.1, -0.05) is 18.2 Å². The number of hydrogen-bond acceptors (Lipinski definition) is 4. The second kappa shape index (κ2) is 9.53. The average molecular weight is 368 g/mol. The van der Waals surface area contributed by atoms with Crippen LogP contribution in [0.15, 0.2) is 54.6 Å². The molecule has 1 saturated heterocycles. The lowest BCUT2D eigenvalue weighted by Crippen LogP contribution is -2.47. The number of likely N-dealkylation sites (tertiary alicyclic amines) is 1. The van der Waals surface area contributed by atoms with E-state index in [1.807, 2.05) is 68.4 Å². The molecule has 2 aromatic carbocycles. The molecule has 0 bridgehead atoms. The number of benzene rings is 2. The summed E-state index contributed by atoms with van der Waals surface area (Å²) in [5.74, 6) is 1.55. The van der Waals surface area contributed by atoms with Crippen LogP contribution in [0.2, 0.25) is 0 Å². The zero-order chi connectivity index (χ0) is 19.1. The van der Waals surface area contributed by atoms with E-state index in [0.717, 1.165) is 49.7 Å². The van der Waals surface area contributed by atoms with Gasteiger partial charge >= 0.3 is 0 Å². The lowest BCUT2D eigenvalue weighted by atomic mass is 10.1. The second-order valence-corrected chi connectivity index (χ2v) is 6.80. The van der Waals surface area contributed by atoms with Crippen molar-refractivity contribution >= 4 is 11.6 Å². The van der Waals surface area contributed by atoms with Crippen LogP contribution >= 0.6 is 0 Å². The van der Waals surface area contributed by atoms with Crippen LogP contribution in [-0.4, -0.2) is 42.6 Å². The van der Waals surface area contributed by atoms with Crippen LogP contribution in [0.4, 0.5) is 5.69 Å². The number of carbonyl (C=O) groups excluding carboxylic acids is 1. The van der Waals surface area contributed by atoms with Gasteiger partial charge in [0.1, 0.15) is 11.5 Å². The quantitative estimate of drug-likeness (QED) is 0.791. The normalized spacial score (nSPS) is 16.7. The van der Waals surface area contributed by atoms with Crippen molar-refractivity contribution in [3.05, 3.63) is 54.6 Å². The monoisotopic (exact) mass is 368 g/mol. The first-order valence-corrected chi connectivity index (χ1v) is 9.65. The first-order chi connectivity index (χ1) is 13.2. The van der Waals surface area contributed by atoms with Crippen molar-refractivity contribution in [3.63, 3.8) is 0 Å². The Morgan fingerprint density at radius 2 is 1.70 bits per heavy atom. The fourth-order valence-corrected chi connectivity index (χ4v) is 3.31. The minimum absolute atomic E-state index is 0.0154. The molecule has 0 radical (unpaired) electrons. The molecule has 3 rings (SSSR count). The van der Waals surface area contributed by atoms with E-state index < -0.39 is 0 Å². The lowest BCUT2D eigenvalue weighted by Gasteiger charge is -2.35. The average Bonchev–Trinajstić information content (AvgIpc) is 2.70. The summed E-state index contributed by atoms with van der Waals surface area (Å²) in [5, 5.41) is 3.00. The van der Waals surface area contributed by atoms with Gasteiger partial charge in [0, 0.05) is 25.4 Å². The third kappa shape index (κ3) is 5.55. The summed E-state index contributed by atoms with van der Waals surface area (Å²) in [6.07, 6.45) is 2.30. The number of para-hydroxylation sites is 1. The minimum Gasteiger partial charge on any atom is -0.457 e. The van der Waals surface area contributed by atoms with Crippen LogP contribution in [0.3, 0.4) is 0 Å². The largest absolute Gasteiger partial charge is 0.457 e. The molecule has 2 aromatic rings. The molecule has 144 valence electrons. The van der Waals surface area contributed by atoms with E-state index in [0.29, 0.717) is 6.10 Å². The van der Waals surface area contributed by atoms with E-state index in [1.54, 1.807) is 0 Å². The number of amides is 1. The topological polar surface area (TPSA) is 50.8 Å². The summed E-state index contributed by atoms with van der Waals surface area (Å²) in [6.45, 7) is 6.53. The summed E-state index contributed by atoms with van der Waals surface area (Å²) in [5.41, 5.74) is 0.775. The summed E-state index contributed by atoms with van der Waals surface area (Å²) in [7, 11) is 0. The molecular formula is C22H28N2O3. The van der Waals surface area contributed by atoms with Crippen molar-refractivity contribution in [2.75, 3.05) is 25.0 Å². The van der Waals surface area contributed by atoms with Crippen LogP contribution in [-0.2, 0) is 9.53 Å². The van der Waals surface area contributed by atoms with Crippen molar-refractivity contribution in [1.82, 2.24) is 4.90 Å². The predicted octanol–water partition coefficient (Wildman–Crippen LogP) is 4.31. The number of nitrogens with zero attached hydrogens (tertiary/aromatic N) is 1. The van der Waals surface area contributed by atoms with Crippen molar-refractivity contribution in [2.24, 2.45) is 0 Å². The van der Waals surface area contributed by atoms with Gasteiger partial charge < -0.3 is 14.8 Å². The molecule has 1 amide bonds. The van der Waals surface area contributed by atoms with Gasteiger partial charge in [-0.05, 0) is 63.1 Å². The summed E-state index contributed by atoms with van der Waals surface area (Å²) in [6, 6.07) is 16.9. The fraction of sp³-hybridized carbons (Fsp3) is 0.409. The Bertz CT molecular complexity index is 710. The summed E-state index contributed by atoms with van der Waals surface area (Å²) in [4.78, 5) is 14.8. The minimum atomic E-state index is -0.159. The second-order valence-electron chi connectivity index (χ2n) is 6.80. The molecule has 0 aromatic heterocycles. The fourth-order valence-electron chi connectivity index (χ4n) is 3.31. The van der Waals surface area contributed by atoms with E-state index in [2.05, 4.69) is 10.2 Å². The molecule has 0 saturated carbocycles. The standard InChI is InChI=1S/C22H28N2O3/c1-3-26-19-13-15-24(16-14-19)17(2)22(25)23-18-9-11-21(12-10-18)27-20-7-5-4-6-8-20/h4-12,17,19H,3,13-16H2,1-2H3,(H,23,25). The smallest absolute Gasteiger partial charge is 0.241 e.